The average molecular weight is 258 g/mol. The van der Waals surface area contributed by atoms with Gasteiger partial charge in [0.1, 0.15) is 6.07 Å². The summed E-state index contributed by atoms with van der Waals surface area (Å²) in [5.41, 5.74) is 8.03. The number of nitrogens with one attached hydrogen (secondary N) is 1. The largest absolute Gasteiger partial charge is 0.395 e. The lowest BCUT2D eigenvalue weighted by Crippen LogP contribution is -2.19. The van der Waals surface area contributed by atoms with E-state index in [9.17, 15) is 0 Å². The van der Waals surface area contributed by atoms with E-state index in [1.165, 1.54) is 5.56 Å². The zero-order valence-corrected chi connectivity index (χ0v) is 10.9. The topological polar surface area (TPSA) is 74.7 Å². The second-order valence-electron chi connectivity index (χ2n) is 4.11. The fourth-order valence-electron chi connectivity index (χ4n) is 1.73. The number of nitriles is 1. The maximum Gasteiger partial charge on any atom is 0.150 e. The Morgan fingerprint density at radius 3 is 3.06 bits per heavy atom. The highest BCUT2D eigenvalue weighted by molar-refractivity contribution is 7.07. The van der Waals surface area contributed by atoms with Gasteiger partial charge in [-0.2, -0.15) is 16.6 Å². The Kier molecular flexibility index (Phi) is 3.80. The van der Waals surface area contributed by atoms with Crippen LogP contribution >= 0.6 is 11.3 Å². The van der Waals surface area contributed by atoms with Crippen LogP contribution in [0, 0.1) is 11.3 Å². The molecule has 5 heteroatoms. The third-order valence-corrected chi connectivity index (χ3v) is 3.35. The Morgan fingerprint density at radius 2 is 2.39 bits per heavy atom. The summed E-state index contributed by atoms with van der Waals surface area (Å²) in [7, 11) is 0. The van der Waals surface area contributed by atoms with Crippen LogP contribution in [0.25, 0.3) is 0 Å². The van der Waals surface area contributed by atoms with Gasteiger partial charge in [-0.05, 0) is 41.8 Å². The molecule has 18 heavy (non-hydrogen) atoms. The van der Waals surface area contributed by atoms with E-state index < -0.39 is 0 Å². The SMILES string of the molecule is CC(Cc1ccsc1)Nc1nccc(C#N)c1N. The van der Waals surface area contributed by atoms with Gasteiger partial charge in [-0.25, -0.2) is 4.98 Å². The minimum Gasteiger partial charge on any atom is -0.395 e. The van der Waals surface area contributed by atoms with Crippen LogP contribution < -0.4 is 11.1 Å². The van der Waals surface area contributed by atoms with Crippen molar-refractivity contribution in [3.05, 3.63) is 40.2 Å². The average Bonchev–Trinajstić information content (AvgIpc) is 2.84. The molecular formula is C13H14N4S. The van der Waals surface area contributed by atoms with E-state index in [0.717, 1.165) is 6.42 Å². The third kappa shape index (κ3) is 2.79. The molecule has 2 aromatic rings. The van der Waals surface area contributed by atoms with Crippen molar-refractivity contribution in [2.45, 2.75) is 19.4 Å². The first-order valence-corrected chi connectivity index (χ1v) is 6.57. The first-order valence-electron chi connectivity index (χ1n) is 5.63. The summed E-state index contributed by atoms with van der Waals surface area (Å²) in [5.74, 6) is 0.580. The van der Waals surface area contributed by atoms with Gasteiger partial charge in [0, 0.05) is 12.2 Å². The van der Waals surface area contributed by atoms with E-state index >= 15 is 0 Å². The van der Waals surface area contributed by atoms with E-state index in [4.69, 9.17) is 11.0 Å². The van der Waals surface area contributed by atoms with Crippen LogP contribution in [-0.2, 0) is 6.42 Å². The molecule has 0 aliphatic carbocycles. The Hall–Kier alpha value is -2.06. The van der Waals surface area contributed by atoms with Crippen LogP contribution in [0.5, 0.6) is 0 Å². The highest BCUT2D eigenvalue weighted by Crippen LogP contribution is 2.20. The van der Waals surface area contributed by atoms with Crippen LogP contribution in [-0.4, -0.2) is 11.0 Å². The number of anilines is 2. The maximum atomic E-state index is 8.90. The van der Waals surface area contributed by atoms with E-state index in [-0.39, 0.29) is 6.04 Å². The van der Waals surface area contributed by atoms with Crippen molar-refractivity contribution in [3.63, 3.8) is 0 Å². The standard InChI is InChI=1S/C13H14N4S/c1-9(6-10-3-5-18-8-10)17-13-12(15)11(7-14)2-4-16-13/h2-5,8-9H,6,15H2,1H3,(H,16,17). The minimum absolute atomic E-state index is 0.211. The summed E-state index contributed by atoms with van der Waals surface area (Å²) < 4.78 is 0. The molecule has 2 heterocycles. The molecule has 0 amide bonds. The molecule has 0 bridgehead atoms. The molecule has 0 aromatic carbocycles. The summed E-state index contributed by atoms with van der Waals surface area (Å²) in [6, 6.07) is 5.98. The van der Waals surface area contributed by atoms with Crippen LogP contribution in [0.3, 0.4) is 0 Å². The smallest absolute Gasteiger partial charge is 0.150 e. The molecule has 0 fully saturated rings. The molecule has 1 unspecified atom stereocenters. The Labute approximate surface area is 110 Å². The molecular weight excluding hydrogens is 244 g/mol. The van der Waals surface area contributed by atoms with E-state index in [1.54, 1.807) is 23.6 Å². The van der Waals surface area contributed by atoms with Crippen molar-refractivity contribution >= 4 is 22.8 Å². The van der Waals surface area contributed by atoms with Crippen LogP contribution in [0.4, 0.5) is 11.5 Å². The molecule has 0 spiro atoms. The van der Waals surface area contributed by atoms with E-state index in [2.05, 4.69) is 40.1 Å². The van der Waals surface area contributed by atoms with Gasteiger partial charge in [-0.3, -0.25) is 0 Å². The zero-order chi connectivity index (χ0) is 13.0. The molecule has 0 saturated heterocycles. The molecule has 3 N–H and O–H groups in total. The van der Waals surface area contributed by atoms with Gasteiger partial charge in [0.2, 0.25) is 0 Å². The van der Waals surface area contributed by atoms with Gasteiger partial charge < -0.3 is 11.1 Å². The Bertz CT molecular complexity index is 557. The number of nitrogens with zero attached hydrogens (tertiary/aromatic N) is 2. The third-order valence-electron chi connectivity index (χ3n) is 2.62. The fourth-order valence-corrected chi connectivity index (χ4v) is 2.41. The highest BCUT2D eigenvalue weighted by atomic mass is 32.1. The molecule has 92 valence electrons. The molecule has 0 aliphatic heterocycles. The number of aromatic nitrogens is 1. The predicted molar refractivity (Wildman–Crippen MR) is 74.5 cm³/mol. The van der Waals surface area contributed by atoms with E-state index in [0.29, 0.717) is 17.1 Å². The van der Waals surface area contributed by atoms with Gasteiger partial charge in [0.15, 0.2) is 5.82 Å². The number of thiophene rings is 1. The van der Waals surface area contributed by atoms with Crippen molar-refractivity contribution in [1.29, 1.82) is 5.26 Å². The molecule has 0 saturated carbocycles. The second-order valence-corrected chi connectivity index (χ2v) is 4.89. The van der Waals surface area contributed by atoms with Crippen molar-refractivity contribution in [1.82, 2.24) is 4.98 Å². The van der Waals surface area contributed by atoms with Crippen molar-refractivity contribution in [2.75, 3.05) is 11.1 Å². The quantitative estimate of drug-likeness (QED) is 0.884. The van der Waals surface area contributed by atoms with Crippen molar-refractivity contribution < 1.29 is 0 Å². The van der Waals surface area contributed by atoms with Gasteiger partial charge in [0.05, 0.1) is 11.3 Å². The summed E-state index contributed by atoms with van der Waals surface area (Å²) in [6.45, 7) is 2.07. The molecule has 0 radical (unpaired) electrons. The normalized spacial score (nSPS) is 11.8. The molecule has 1 atom stereocenters. The Balaban J connectivity index is 2.08. The maximum absolute atomic E-state index is 8.90. The number of rotatable bonds is 4. The number of hydrogen-bond acceptors (Lipinski definition) is 5. The molecule has 0 aliphatic rings. The van der Waals surface area contributed by atoms with Crippen molar-refractivity contribution in [2.24, 2.45) is 0 Å². The summed E-state index contributed by atoms with van der Waals surface area (Å²) in [4.78, 5) is 4.17. The van der Waals surface area contributed by atoms with Crippen LogP contribution in [0.15, 0.2) is 29.1 Å². The van der Waals surface area contributed by atoms with Gasteiger partial charge in [0.25, 0.3) is 0 Å². The minimum atomic E-state index is 0.211. The first kappa shape index (κ1) is 12.4. The van der Waals surface area contributed by atoms with Crippen LogP contribution in [0.1, 0.15) is 18.1 Å². The predicted octanol–water partition coefficient (Wildman–Crippen LogP) is 2.64. The number of nitrogen functional groups attached to an aromatic ring is 1. The lowest BCUT2D eigenvalue weighted by Gasteiger charge is -2.15. The summed E-state index contributed by atoms with van der Waals surface area (Å²) in [6.07, 6.45) is 2.50. The monoisotopic (exact) mass is 258 g/mol. The van der Waals surface area contributed by atoms with Crippen LogP contribution in [0.2, 0.25) is 0 Å². The second kappa shape index (κ2) is 5.52. The summed E-state index contributed by atoms with van der Waals surface area (Å²) >= 11 is 1.69. The van der Waals surface area contributed by atoms with Crippen molar-refractivity contribution in [3.8, 4) is 6.07 Å². The lowest BCUT2D eigenvalue weighted by atomic mass is 10.1. The fraction of sp³-hybridized carbons (Fsp3) is 0.231. The molecule has 2 rings (SSSR count). The number of pyridine rings is 1. The van der Waals surface area contributed by atoms with Gasteiger partial charge >= 0.3 is 0 Å². The van der Waals surface area contributed by atoms with Gasteiger partial charge in [-0.15, -0.1) is 0 Å². The summed E-state index contributed by atoms with van der Waals surface area (Å²) in [5, 5.41) is 16.3. The zero-order valence-electron chi connectivity index (χ0n) is 10.1. The first-order chi connectivity index (χ1) is 8.70. The lowest BCUT2D eigenvalue weighted by molar-refractivity contribution is 0.787. The van der Waals surface area contributed by atoms with E-state index in [1.807, 2.05) is 0 Å². The number of nitrogens with two attached hydrogens (primary N) is 1. The van der Waals surface area contributed by atoms with Gasteiger partial charge in [-0.1, -0.05) is 0 Å². The number of hydrogen-bond donors (Lipinski definition) is 2. The Morgan fingerprint density at radius 1 is 1.56 bits per heavy atom. The molecule has 2 aromatic heterocycles. The molecule has 4 nitrogen and oxygen atoms in total. The highest BCUT2D eigenvalue weighted by Gasteiger charge is 2.09.